The van der Waals surface area contributed by atoms with E-state index in [9.17, 15) is 5.11 Å². The van der Waals surface area contributed by atoms with Gasteiger partial charge in [0.05, 0.1) is 13.7 Å². The normalized spacial score (nSPS) is 21.3. The van der Waals surface area contributed by atoms with E-state index in [1.54, 1.807) is 7.11 Å². The van der Waals surface area contributed by atoms with Crippen molar-refractivity contribution < 1.29 is 9.84 Å². The number of β-amino-alcohol motifs (C(OH)–C–C–N with tert-alkyl or cyclic N) is 1. The smallest absolute Gasteiger partial charge is 0.134 e. The third-order valence-electron chi connectivity index (χ3n) is 3.79. The van der Waals surface area contributed by atoms with E-state index in [1.165, 1.54) is 0 Å². The summed E-state index contributed by atoms with van der Waals surface area (Å²) in [5, 5.41) is 11.1. The van der Waals surface area contributed by atoms with Crippen LogP contribution in [-0.2, 0) is 5.60 Å². The highest BCUT2D eigenvalue weighted by Crippen LogP contribution is 2.42. The summed E-state index contributed by atoms with van der Waals surface area (Å²) in [6.45, 7) is 0.568. The second kappa shape index (κ2) is 4.28. The molecular weight excluding hydrogens is 238 g/mol. The third-order valence-corrected chi connectivity index (χ3v) is 3.79. The fourth-order valence-electron chi connectivity index (χ4n) is 2.78. The lowest BCUT2D eigenvalue weighted by atomic mass is 9.88. The predicted octanol–water partition coefficient (Wildman–Crippen LogP) is 2.38. The van der Waals surface area contributed by atoms with Crippen molar-refractivity contribution in [3.8, 4) is 5.75 Å². The number of rotatable bonds is 2. The summed E-state index contributed by atoms with van der Waals surface area (Å²) in [7, 11) is 3.64. The molecule has 0 saturated heterocycles. The van der Waals surface area contributed by atoms with Crippen molar-refractivity contribution in [2.24, 2.45) is 0 Å². The van der Waals surface area contributed by atoms with Crippen molar-refractivity contribution in [2.75, 3.05) is 25.6 Å². The maximum Gasteiger partial charge on any atom is 0.134 e. The zero-order chi connectivity index (χ0) is 13.5. The number of aliphatic hydroxyl groups is 1. The molecule has 0 amide bonds. The largest absolute Gasteiger partial charge is 0.497 e. The molecule has 0 aliphatic carbocycles. The first-order valence-corrected chi connectivity index (χ1v) is 6.33. The van der Waals surface area contributed by atoms with Gasteiger partial charge in [-0.25, -0.2) is 0 Å². The maximum absolute atomic E-state index is 11.1. The Labute approximate surface area is 113 Å². The van der Waals surface area contributed by atoms with Crippen molar-refractivity contribution in [3.05, 3.63) is 59.7 Å². The molecule has 1 atom stereocenters. The van der Waals surface area contributed by atoms with Gasteiger partial charge < -0.3 is 14.7 Å². The van der Waals surface area contributed by atoms with Gasteiger partial charge in [0, 0.05) is 18.3 Å². The number of nitrogens with zero attached hydrogens (tertiary/aromatic N) is 1. The van der Waals surface area contributed by atoms with E-state index in [0.29, 0.717) is 6.54 Å². The molecule has 3 rings (SSSR count). The van der Waals surface area contributed by atoms with E-state index >= 15 is 0 Å². The van der Waals surface area contributed by atoms with Crippen LogP contribution in [0.3, 0.4) is 0 Å². The number of hydrogen-bond acceptors (Lipinski definition) is 3. The summed E-state index contributed by atoms with van der Waals surface area (Å²) in [5.74, 6) is 0.798. The van der Waals surface area contributed by atoms with Crippen molar-refractivity contribution in [1.82, 2.24) is 0 Å². The highest BCUT2D eigenvalue weighted by atomic mass is 16.5. The summed E-state index contributed by atoms with van der Waals surface area (Å²) >= 11 is 0. The number of fused-ring (bicyclic) bond motifs is 1. The molecule has 0 aromatic heterocycles. The molecule has 1 aliphatic heterocycles. The third kappa shape index (κ3) is 1.78. The van der Waals surface area contributed by atoms with E-state index in [2.05, 4.69) is 4.90 Å². The van der Waals surface area contributed by atoms with Crippen LogP contribution in [0.4, 0.5) is 5.69 Å². The van der Waals surface area contributed by atoms with Gasteiger partial charge in [-0.1, -0.05) is 30.3 Å². The lowest BCUT2D eigenvalue weighted by Gasteiger charge is -2.24. The number of anilines is 1. The molecule has 1 N–H and O–H groups in total. The average Bonchev–Trinajstić information content (AvgIpc) is 2.72. The number of hydrogen-bond donors (Lipinski definition) is 1. The fourth-order valence-corrected chi connectivity index (χ4v) is 2.78. The molecule has 0 fully saturated rings. The zero-order valence-electron chi connectivity index (χ0n) is 11.1. The Morgan fingerprint density at radius 1 is 1.11 bits per heavy atom. The van der Waals surface area contributed by atoms with Crippen LogP contribution in [0.1, 0.15) is 11.1 Å². The minimum Gasteiger partial charge on any atom is -0.497 e. The molecule has 0 bridgehead atoms. The van der Waals surface area contributed by atoms with Crippen molar-refractivity contribution >= 4 is 5.69 Å². The summed E-state index contributed by atoms with van der Waals surface area (Å²) in [4.78, 5) is 2.08. The lowest BCUT2D eigenvalue weighted by Crippen LogP contribution is -2.32. The van der Waals surface area contributed by atoms with Crippen molar-refractivity contribution in [1.29, 1.82) is 0 Å². The summed E-state index contributed by atoms with van der Waals surface area (Å²) < 4.78 is 5.16. The second-order valence-corrected chi connectivity index (χ2v) is 4.96. The first kappa shape index (κ1) is 12.1. The number of ether oxygens (including phenoxy) is 1. The van der Waals surface area contributed by atoms with E-state index < -0.39 is 5.60 Å². The molecule has 1 aliphatic rings. The maximum atomic E-state index is 11.1. The molecule has 1 unspecified atom stereocenters. The van der Waals surface area contributed by atoms with Crippen molar-refractivity contribution in [3.63, 3.8) is 0 Å². The molecule has 2 aromatic rings. The monoisotopic (exact) mass is 255 g/mol. The second-order valence-electron chi connectivity index (χ2n) is 4.96. The first-order chi connectivity index (χ1) is 9.15. The quantitative estimate of drug-likeness (QED) is 0.894. The molecule has 3 heteroatoms. The van der Waals surface area contributed by atoms with Gasteiger partial charge in [-0.15, -0.1) is 0 Å². The van der Waals surface area contributed by atoms with Crippen LogP contribution in [0.15, 0.2) is 48.5 Å². The zero-order valence-corrected chi connectivity index (χ0v) is 11.1. The molecular formula is C16H17NO2. The van der Waals surface area contributed by atoms with Gasteiger partial charge in [-0.3, -0.25) is 0 Å². The highest BCUT2D eigenvalue weighted by Gasteiger charge is 2.40. The van der Waals surface area contributed by atoms with E-state index in [4.69, 9.17) is 4.74 Å². The minimum absolute atomic E-state index is 0.568. The molecule has 3 nitrogen and oxygen atoms in total. The minimum atomic E-state index is -0.947. The molecule has 1 heterocycles. The van der Waals surface area contributed by atoms with Gasteiger partial charge in [0.15, 0.2) is 0 Å². The Balaban J connectivity index is 2.08. The van der Waals surface area contributed by atoms with Crippen LogP contribution in [0.5, 0.6) is 5.75 Å². The van der Waals surface area contributed by atoms with E-state index in [0.717, 1.165) is 22.6 Å². The molecule has 2 aromatic carbocycles. The molecule has 0 spiro atoms. The van der Waals surface area contributed by atoms with Gasteiger partial charge in [0.25, 0.3) is 0 Å². The molecule has 0 radical (unpaired) electrons. The fraction of sp³-hybridized carbons (Fsp3) is 0.250. The van der Waals surface area contributed by atoms with Crippen LogP contribution >= 0.6 is 0 Å². The Bertz CT molecular complexity index is 594. The average molecular weight is 255 g/mol. The molecule has 98 valence electrons. The Morgan fingerprint density at radius 3 is 2.47 bits per heavy atom. The Hall–Kier alpha value is -2.00. The molecule has 0 saturated carbocycles. The van der Waals surface area contributed by atoms with Crippen LogP contribution < -0.4 is 9.64 Å². The van der Waals surface area contributed by atoms with Gasteiger partial charge in [-0.2, -0.15) is 0 Å². The first-order valence-electron chi connectivity index (χ1n) is 6.33. The topological polar surface area (TPSA) is 32.7 Å². The lowest BCUT2D eigenvalue weighted by molar-refractivity contribution is 0.0989. The SMILES string of the molecule is COc1ccc(C2(O)CN(C)c3ccccc32)cc1. The van der Waals surface area contributed by atoms with Crippen LogP contribution in [0.2, 0.25) is 0 Å². The van der Waals surface area contributed by atoms with Crippen LogP contribution in [0, 0.1) is 0 Å². The summed E-state index contributed by atoms with van der Waals surface area (Å²) in [6, 6.07) is 15.6. The van der Waals surface area contributed by atoms with Gasteiger partial charge in [0.2, 0.25) is 0 Å². The van der Waals surface area contributed by atoms with Gasteiger partial charge >= 0.3 is 0 Å². The van der Waals surface area contributed by atoms with E-state index in [-0.39, 0.29) is 0 Å². The van der Waals surface area contributed by atoms with Gasteiger partial charge in [0.1, 0.15) is 11.4 Å². The highest BCUT2D eigenvalue weighted by molar-refractivity contribution is 5.64. The summed E-state index contributed by atoms with van der Waals surface area (Å²) in [6.07, 6.45) is 0. The van der Waals surface area contributed by atoms with Crippen LogP contribution in [0.25, 0.3) is 0 Å². The summed E-state index contributed by atoms with van der Waals surface area (Å²) in [5.41, 5.74) is 1.99. The number of likely N-dealkylation sites (N-methyl/N-ethyl adjacent to an activating group) is 1. The van der Waals surface area contributed by atoms with E-state index in [1.807, 2.05) is 55.6 Å². The standard InChI is InChI=1S/C16H17NO2/c1-17-11-16(18,14-5-3-4-6-15(14)17)12-7-9-13(19-2)10-8-12/h3-10,18H,11H2,1-2H3. The van der Waals surface area contributed by atoms with Crippen LogP contribution in [-0.4, -0.2) is 25.8 Å². The number of para-hydroxylation sites is 1. The Kier molecular flexibility index (Phi) is 2.72. The van der Waals surface area contributed by atoms with Gasteiger partial charge in [-0.05, 0) is 23.8 Å². The van der Waals surface area contributed by atoms with Crippen molar-refractivity contribution in [2.45, 2.75) is 5.60 Å². The number of methoxy groups -OCH3 is 1. The number of benzene rings is 2. The molecule has 19 heavy (non-hydrogen) atoms. The Morgan fingerprint density at radius 2 is 1.79 bits per heavy atom. The predicted molar refractivity (Wildman–Crippen MR) is 75.7 cm³/mol.